The molecule has 0 N–H and O–H groups in total. The zero-order valence-corrected chi connectivity index (χ0v) is 11.7. The molecule has 4 heteroatoms. The number of hydrogen-bond acceptors (Lipinski definition) is 2. The lowest BCUT2D eigenvalue weighted by atomic mass is 10.1. The number of aryl methyl sites for hydroxylation is 1. The van der Waals surface area contributed by atoms with E-state index in [1.54, 1.807) is 18.2 Å². The highest BCUT2D eigenvalue weighted by Crippen LogP contribution is 2.20. The van der Waals surface area contributed by atoms with Gasteiger partial charge in [-0.05, 0) is 47.9 Å². The van der Waals surface area contributed by atoms with Crippen LogP contribution < -0.4 is 4.74 Å². The van der Waals surface area contributed by atoms with Crippen LogP contribution in [0.1, 0.15) is 22.3 Å². The van der Waals surface area contributed by atoms with Crippen LogP contribution in [0.25, 0.3) is 0 Å². The Balaban J connectivity index is 2.13. The normalized spacial score (nSPS) is 10.1. The topological polar surface area (TPSA) is 33.0 Å². The standard InChI is InChI=1S/C16H13ClFNO/c1-11-4-12(9-19)2-3-14(11)10-20-16-6-13(8-17)5-15(18)7-16/h2-7H,8,10H2,1H3. The minimum Gasteiger partial charge on any atom is -0.489 e. The molecule has 0 spiro atoms. The highest BCUT2D eigenvalue weighted by molar-refractivity contribution is 6.17. The molecule has 0 saturated carbocycles. The van der Waals surface area contributed by atoms with Crippen molar-refractivity contribution in [3.63, 3.8) is 0 Å². The molecular formula is C16H13ClFNO. The second-order valence-corrected chi connectivity index (χ2v) is 4.74. The van der Waals surface area contributed by atoms with Crippen molar-refractivity contribution in [1.29, 1.82) is 5.26 Å². The van der Waals surface area contributed by atoms with E-state index in [2.05, 4.69) is 6.07 Å². The van der Waals surface area contributed by atoms with Gasteiger partial charge in [-0.1, -0.05) is 6.07 Å². The SMILES string of the molecule is Cc1cc(C#N)ccc1COc1cc(F)cc(CCl)c1. The van der Waals surface area contributed by atoms with Crippen molar-refractivity contribution in [2.24, 2.45) is 0 Å². The maximum absolute atomic E-state index is 13.3. The number of alkyl halides is 1. The van der Waals surface area contributed by atoms with Crippen molar-refractivity contribution in [2.45, 2.75) is 19.4 Å². The van der Waals surface area contributed by atoms with E-state index in [1.165, 1.54) is 12.1 Å². The quantitative estimate of drug-likeness (QED) is 0.785. The van der Waals surface area contributed by atoms with Gasteiger partial charge in [0.15, 0.2) is 0 Å². The van der Waals surface area contributed by atoms with Gasteiger partial charge in [0.1, 0.15) is 18.2 Å². The number of nitrogens with zero attached hydrogens (tertiary/aromatic N) is 1. The summed E-state index contributed by atoms with van der Waals surface area (Å²) < 4.78 is 18.9. The zero-order chi connectivity index (χ0) is 14.5. The Hall–Kier alpha value is -2.05. The van der Waals surface area contributed by atoms with E-state index in [-0.39, 0.29) is 11.7 Å². The van der Waals surface area contributed by atoms with Crippen LogP contribution in [-0.2, 0) is 12.5 Å². The highest BCUT2D eigenvalue weighted by Gasteiger charge is 2.04. The summed E-state index contributed by atoms with van der Waals surface area (Å²) in [6.45, 7) is 2.23. The van der Waals surface area contributed by atoms with Crippen molar-refractivity contribution in [2.75, 3.05) is 0 Å². The van der Waals surface area contributed by atoms with Crippen LogP contribution in [0.3, 0.4) is 0 Å². The van der Waals surface area contributed by atoms with E-state index in [1.807, 2.05) is 13.0 Å². The van der Waals surface area contributed by atoms with Gasteiger partial charge in [0, 0.05) is 11.9 Å². The largest absolute Gasteiger partial charge is 0.489 e. The highest BCUT2D eigenvalue weighted by atomic mass is 35.5. The molecule has 2 aromatic rings. The third-order valence-electron chi connectivity index (χ3n) is 2.95. The molecule has 2 rings (SSSR count). The fourth-order valence-corrected chi connectivity index (χ4v) is 2.02. The first-order valence-electron chi connectivity index (χ1n) is 6.10. The Labute approximate surface area is 122 Å². The number of hydrogen-bond donors (Lipinski definition) is 0. The van der Waals surface area contributed by atoms with Gasteiger partial charge in [0.05, 0.1) is 11.6 Å². The summed E-state index contributed by atoms with van der Waals surface area (Å²) in [6.07, 6.45) is 0. The molecule has 0 atom stereocenters. The average Bonchev–Trinajstić information content (AvgIpc) is 2.45. The third kappa shape index (κ3) is 3.49. The van der Waals surface area contributed by atoms with E-state index >= 15 is 0 Å². The van der Waals surface area contributed by atoms with Gasteiger partial charge in [-0.3, -0.25) is 0 Å². The fraction of sp³-hybridized carbons (Fsp3) is 0.188. The maximum Gasteiger partial charge on any atom is 0.127 e. The van der Waals surface area contributed by atoms with E-state index < -0.39 is 0 Å². The van der Waals surface area contributed by atoms with Gasteiger partial charge in [0.25, 0.3) is 0 Å². The molecule has 0 heterocycles. The van der Waals surface area contributed by atoms with Crippen LogP contribution in [0, 0.1) is 24.1 Å². The number of nitriles is 1. The summed E-state index contributed by atoms with van der Waals surface area (Å²) in [6, 6.07) is 11.9. The average molecular weight is 290 g/mol. The van der Waals surface area contributed by atoms with E-state index in [4.69, 9.17) is 21.6 Å². The lowest BCUT2D eigenvalue weighted by molar-refractivity contribution is 0.303. The molecule has 0 aliphatic rings. The molecule has 0 saturated heterocycles. The lowest BCUT2D eigenvalue weighted by Crippen LogP contribution is -1.99. The first-order valence-corrected chi connectivity index (χ1v) is 6.63. The van der Waals surface area contributed by atoms with Crippen molar-refractivity contribution >= 4 is 11.6 Å². The number of rotatable bonds is 4. The van der Waals surface area contributed by atoms with Gasteiger partial charge < -0.3 is 4.74 Å². The van der Waals surface area contributed by atoms with Crippen molar-refractivity contribution in [1.82, 2.24) is 0 Å². The molecule has 0 bridgehead atoms. The number of ether oxygens (including phenoxy) is 1. The first kappa shape index (κ1) is 14.4. The van der Waals surface area contributed by atoms with Crippen molar-refractivity contribution in [3.8, 4) is 11.8 Å². The molecule has 0 amide bonds. The van der Waals surface area contributed by atoms with Gasteiger partial charge >= 0.3 is 0 Å². The number of halogens is 2. The molecule has 102 valence electrons. The van der Waals surface area contributed by atoms with Gasteiger partial charge in [0.2, 0.25) is 0 Å². The van der Waals surface area contributed by atoms with Gasteiger partial charge in [-0.2, -0.15) is 5.26 Å². The smallest absolute Gasteiger partial charge is 0.127 e. The minimum atomic E-state index is -0.366. The van der Waals surface area contributed by atoms with Crippen LogP contribution in [0.5, 0.6) is 5.75 Å². The Morgan fingerprint density at radius 3 is 2.70 bits per heavy atom. The monoisotopic (exact) mass is 289 g/mol. The molecule has 0 aromatic heterocycles. The van der Waals surface area contributed by atoms with Crippen molar-refractivity contribution < 1.29 is 9.13 Å². The third-order valence-corrected chi connectivity index (χ3v) is 3.26. The van der Waals surface area contributed by atoms with E-state index in [0.29, 0.717) is 23.5 Å². The van der Waals surface area contributed by atoms with Gasteiger partial charge in [-0.15, -0.1) is 11.6 Å². The van der Waals surface area contributed by atoms with Crippen LogP contribution in [0.2, 0.25) is 0 Å². The van der Waals surface area contributed by atoms with Crippen LogP contribution in [0.4, 0.5) is 4.39 Å². The molecule has 20 heavy (non-hydrogen) atoms. The summed E-state index contributed by atoms with van der Waals surface area (Å²) in [5.41, 5.74) is 3.22. The van der Waals surface area contributed by atoms with E-state index in [0.717, 1.165) is 11.1 Å². The summed E-state index contributed by atoms with van der Waals surface area (Å²) >= 11 is 5.69. The second-order valence-electron chi connectivity index (χ2n) is 4.47. The molecule has 0 aliphatic heterocycles. The van der Waals surface area contributed by atoms with Crippen LogP contribution in [0.15, 0.2) is 36.4 Å². The molecule has 2 nitrogen and oxygen atoms in total. The first-order chi connectivity index (χ1) is 9.62. The Kier molecular flexibility index (Phi) is 4.60. The summed E-state index contributed by atoms with van der Waals surface area (Å²) in [5, 5.41) is 8.81. The molecule has 0 aliphatic carbocycles. The van der Waals surface area contributed by atoms with E-state index in [9.17, 15) is 4.39 Å². The Bertz CT molecular complexity index is 664. The second kappa shape index (κ2) is 6.40. The fourth-order valence-electron chi connectivity index (χ4n) is 1.87. The molecule has 2 aromatic carbocycles. The molecular weight excluding hydrogens is 277 g/mol. The lowest BCUT2D eigenvalue weighted by Gasteiger charge is -2.10. The van der Waals surface area contributed by atoms with Crippen LogP contribution >= 0.6 is 11.6 Å². The van der Waals surface area contributed by atoms with Crippen LogP contribution in [-0.4, -0.2) is 0 Å². The maximum atomic E-state index is 13.3. The van der Waals surface area contributed by atoms with Gasteiger partial charge in [-0.25, -0.2) is 4.39 Å². The molecule has 0 unspecified atom stereocenters. The Morgan fingerprint density at radius 1 is 1.25 bits per heavy atom. The minimum absolute atomic E-state index is 0.240. The predicted molar refractivity (Wildman–Crippen MR) is 76.2 cm³/mol. The summed E-state index contributed by atoms with van der Waals surface area (Å²) in [5.74, 6) is 0.323. The summed E-state index contributed by atoms with van der Waals surface area (Å²) in [7, 11) is 0. The predicted octanol–water partition coefficient (Wildman–Crippen LogP) is 4.32. The number of benzene rings is 2. The Morgan fingerprint density at radius 2 is 2.05 bits per heavy atom. The summed E-state index contributed by atoms with van der Waals surface area (Å²) in [4.78, 5) is 0. The molecule has 0 radical (unpaired) electrons. The van der Waals surface area contributed by atoms with Crippen molar-refractivity contribution in [3.05, 3.63) is 64.5 Å². The zero-order valence-electron chi connectivity index (χ0n) is 11.0. The molecule has 0 fully saturated rings.